The van der Waals surface area contributed by atoms with Gasteiger partial charge >= 0.3 is 0 Å². The topological polar surface area (TPSA) is 50.7 Å². The van der Waals surface area contributed by atoms with Crippen molar-refractivity contribution in [3.63, 3.8) is 0 Å². The highest BCUT2D eigenvalue weighted by Crippen LogP contribution is 2.24. The number of aliphatic hydroxyl groups is 1. The van der Waals surface area contributed by atoms with Crippen LogP contribution in [0.2, 0.25) is 0 Å². The molecule has 2 N–H and O–H groups in total. The Balaban J connectivity index is 2.50. The summed E-state index contributed by atoms with van der Waals surface area (Å²) in [6, 6.07) is 4.34. The van der Waals surface area contributed by atoms with E-state index >= 15 is 0 Å². The molecule has 1 rings (SSSR count). The summed E-state index contributed by atoms with van der Waals surface area (Å²) in [5.74, 6) is 1.60. The van der Waals surface area contributed by atoms with E-state index in [2.05, 4.69) is 45.1 Å². The van der Waals surface area contributed by atoms with Crippen molar-refractivity contribution < 1.29 is 14.6 Å². The summed E-state index contributed by atoms with van der Waals surface area (Å²) >= 11 is 0. The molecule has 1 aromatic rings. The van der Waals surface area contributed by atoms with Crippen LogP contribution in [0.15, 0.2) is 12.1 Å². The molecule has 4 nitrogen and oxygen atoms in total. The lowest BCUT2D eigenvalue weighted by atomic mass is 10.1. The van der Waals surface area contributed by atoms with Gasteiger partial charge in [0.15, 0.2) is 0 Å². The van der Waals surface area contributed by atoms with Crippen LogP contribution in [0.25, 0.3) is 0 Å². The van der Waals surface area contributed by atoms with Crippen molar-refractivity contribution in [2.75, 3.05) is 33.0 Å². The van der Waals surface area contributed by atoms with Crippen LogP contribution in [0.3, 0.4) is 0 Å². The quantitative estimate of drug-likeness (QED) is 0.651. The highest BCUT2D eigenvalue weighted by Gasteiger charge is 2.07. The van der Waals surface area contributed by atoms with Gasteiger partial charge in [-0.2, -0.15) is 0 Å². The molecule has 0 spiro atoms. The monoisotopic (exact) mass is 295 g/mol. The first-order chi connectivity index (χ1) is 10.0. The third-order valence-corrected chi connectivity index (χ3v) is 3.11. The summed E-state index contributed by atoms with van der Waals surface area (Å²) < 4.78 is 11.0. The van der Waals surface area contributed by atoms with Gasteiger partial charge in [0, 0.05) is 6.54 Å². The zero-order valence-electron chi connectivity index (χ0n) is 13.7. The van der Waals surface area contributed by atoms with Crippen molar-refractivity contribution in [2.24, 2.45) is 5.92 Å². The van der Waals surface area contributed by atoms with Gasteiger partial charge in [0.2, 0.25) is 0 Å². The van der Waals surface area contributed by atoms with Crippen molar-refractivity contribution in [3.05, 3.63) is 28.8 Å². The Morgan fingerprint density at radius 1 is 1.10 bits per heavy atom. The van der Waals surface area contributed by atoms with Crippen LogP contribution in [0.5, 0.6) is 5.75 Å². The van der Waals surface area contributed by atoms with Crippen LogP contribution < -0.4 is 10.1 Å². The predicted octanol–water partition coefficient (Wildman–Crippen LogP) is 2.44. The van der Waals surface area contributed by atoms with Gasteiger partial charge in [0.25, 0.3) is 0 Å². The first-order valence-electron chi connectivity index (χ1n) is 7.66. The Labute approximate surface area is 128 Å². The van der Waals surface area contributed by atoms with Crippen LogP contribution in [0, 0.1) is 19.8 Å². The molecule has 0 aliphatic heterocycles. The summed E-state index contributed by atoms with van der Waals surface area (Å²) in [7, 11) is 0. The molecule has 0 fully saturated rings. The van der Waals surface area contributed by atoms with Crippen LogP contribution in [-0.2, 0) is 11.3 Å². The molecule has 120 valence electrons. The maximum Gasteiger partial charge on any atom is 0.125 e. The maximum absolute atomic E-state index is 8.63. The minimum atomic E-state index is 0.0517. The fraction of sp³-hybridized carbons (Fsp3) is 0.647. The number of nitrogens with one attached hydrogen (secondary N) is 1. The minimum absolute atomic E-state index is 0.0517. The molecule has 0 saturated heterocycles. The Morgan fingerprint density at radius 3 is 2.33 bits per heavy atom. The van der Waals surface area contributed by atoms with Gasteiger partial charge in [-0.05, 0) is 43.0 Å². The van der Waals surface area contributed by atoms with E-state index in [1.54, 1.807) is 0 Å². The first kappa shape index (κ1) is 18.0. The molecule has 0 heterocycles. The SMILES string of the molecule is Cc1cc(CNCC(C)C)cc(C)c1OCCOCCO. The number of ether oxygens (including phenoxy) is 2. The van der Waals surface area contributed by atoms with E-state index < -0.39 is 0 Å². The van der Waals surface area contributed by atoms with Gasteiger partial charge in [-0.25, -0.2) is 0 Å². The van der Waals surface area contributed by atoms with Gasteiger partial charge in [0.05, 0.1) is 19.8 Å². The smallest absolute Gasteiger partial charge is 0.125 e. The van der Waals surface area contributed by atoms with Crippen LogP contribution in [0.1, 0.15) is 30.5 Å². The molecule has 0 radical (unpaired) electrons. The molecule has 0 aliphatic rings. The number of benzene rings is 1. The predicted molar refractivity (Wildman–Crippen MR) is 85.9 cm³/mol. The fourth-order valence-electron chi connectivity index (χ4n) is 2.24. The summed E-state index contributed by atoms with van der Waals surface area (Å²) in [5, 5.41) is 12.1. The van der Waals surface area contributed by atoms with Gasteiger partial charge in [-0.15, -0.1) is 0 Å². The second-order valence-electron chi connectivity index (χ2n) is 5.77. The number of aryl methyl sites for hydroxylation is 2. The van der Waals surface area contributed by atoms with E-state index in [1.807, 2.05) is 0 Å². The summed E-state index contributed by atoms with van der Waals surface area (Å²) in [6.45, 7) is 11.9. The van der Waals surface area contributed by atoms with E-state index in [0.717, 1.165) is 30.0 Å². The van der Waals surface area contributed by atoms with E-state index in [4.69, 9.17) is 14.6 Å². The molecule has 1 aromatic carbocycles. The lowest BCUT2D eigenvalue weighted by molar-refractivity contribution is 0.0702. The van der Waals surface area contributed by atoms with Crippen molar-refractivity contribution in [1.29, 1.82) is 0 Å². The van der Waals surface area contributed by atoms with Crippen molar-refractivity contribution in [3.8, 4) is 5.75 Å². The zero-order valence-corrected chi connectivity index (χ0v) is 13.7. The molecule has 0 unspecified atom stereocenters. The minimum Gasteiger partial charge on any atom is -0.491 e. The fourth-order valence-corrected chi connectivity index (χ4v) is 2.24. The normalized spacial score (nSPS) is 11.1. The zero-order chi connectivity index (χ0) is 15.7. The van der Waals surface area contributed by atoms with Crippen molar-refractivity contribution in [2.45, 2.75) is 34.2 Å². The third-order valence-electron chi connectivity index (χ3n) is 3.11. The Kier molecular flexibility index (Phi) is 8.35. The number of hydrogen-bond acceptors (Lipinski definition) is 4. The molecular weight excluding hydrogens is 266 g/mol. The summed E-state index contributed by atoms with van der Waals surface area (Å²) in [5.41, 5.74) is 3.59. The molecule has 0 aromatic heterocycles. The Bertz CT molecular complexity index is 395. The van der Waals surface area contributed by atoms with Crippen LogP contribution >= 0.6 is 0 Å². The average Bonchev–Trinajstić information content (AvgIpc) is 2.40. The van der Waals surface area contributed by atoms with Crippen LogP contribution in [0.4, 0.5) is 0 Å². The van der Waals surface area contributed by atoms with Crippen molar-refractivity contribution >= 4 is 0 Å². The van der Waals surface area contributed by atoms with Crippen molar-refractivity contribution in [1.82, 2.24) is 5.32 Å². The molecule has 4 heteroatoms. The van der Waals surface area contributed by atoms with Crippen LogP contribution in [-0.4, -0.2) is 38.1 Å². The number of aliphatic hydroxyl groups excluding tert-OH is 1. The molecule has 0 bridgehead atoms. The van der Waals surface area contributed by atoms with Gasteiger partial charge < -0.3 is 19.9 Å². The summed E-state index contributed by atoms with van der Waals surface area (Å²) in [6.07, 6.45) is 0. The second kappa shape index (κ2) is 9.77. The Hall–Kier alpha value is -1.10. The third kappa shape index (κ3) is 6.93. The van der Waals surface area contributed by atoms with Gasteiger partial charge in [-0.3, -0.25) is 0 Å². The lowest BCUT2D eigenvalue weighted by Crippen LogP contribution is -2.19. The largest absolute Gasteiger partial charge is 0.491 e. The van der Waals surface area contributed by atoms with Gasteiger partial charge in [0.1, 0.15) is 12.4 Å². The Morgan fingerprint density at radius 2 is 1.76 bits per heavy atom. The number of hydrogen-bond donors (Lipinski definition) is 2. The van der Waals surface area contributed by atoms with E-state index in [0.29, 0.717) is 25.7 Å². The molecule has 0 amide bonds. The molecular formula is C17H29NO3. The number of rotatable bonds is 10. The van der Waals surface area contributed by atoms with E-state index in [-0.39, 0.29) is 6.61 Å². The average molecular weight is 295 g/mol. The lowest BCUT2D eigenvalue weighted by Gasteiger charge is -2.15. The van der Waals surface area contributed by atoms with E-state index in [9.17, 15) is 0 Å². The highest BCUT2D eigenvalue weighted by atomic mass is 16.5. The van der Waals surface area contributed by atoms with Gasteiger partial charge in [-0.1, -0.05) is 26.0 Å². The maximum atomic E-state index is 8.63. The summed E-state index contributed by atoms with van der Waals surface area (Å²) in [4.78, 5) is 0. The molecule has 0 atom stereocenters. The molecule has 21 heavy (non-hydrogen) atoms. The standard InChI is InChI=1S/C17H29NO3/c1-13(2)11-18-12-16-9-14(3)17(15(4)10-16)21-8-7-20-6-5-19/h9-10,13,18-19H,5-8,11-12H2,1-4H3. The highest BCUT2D eigenvalue weighted by molar-refractivity contribution is 5.43. The molecule has 0 aliphatic carbocycles. The van der Waals surface area contributed by atoms with E-state index in [1.165, 1.54) is 5.56 Å². The second-order valence-corrected chi connectivity index (χ2v) is 5.77. The molecule has 0 saturated carbocycles. The first-order valence-corrected chi connectivity index (χ1v) is 7.66.